The quantitative estimate of drug-likeness (QED) is 0.286. The van der Waals surface area contributed by atoms with Crippen molar-refractivity contribution in [2.45, 2.75) is 90.3 Å². The van der Waals surface area contributed by atoms with Crippen LogP contribution in [-0.2, 0) is 4.43 Å². The minimum Gasteiger partial charge on any atom is -0.413 e. The molecule has 0 spiro atoms. The maximum Gasteiger partial charge on any atom is 0.217 e. The molecule has 1 aromatic carbocycles. The van der Waals surface area contributed by atoms with Crippen molar-refractivity contribution < 1.29 is 4.43 Å². The van der Waals surface area contributed by atoms with Crippen molar-refractivity contribution in [3.05, 3.63) is 42.5 Å². The molecule has 0 amide bonds. The van der Waals surface area contributed by atoms with Crippen LogP contribution in [0.3, 0.4) is 0 Å². The molecule has 0 aromatic heterocycles. The average molecular weight is 346 g/mol. The van der Waals surface area contributed by atoms with Crippen molar-refractivity contribution in [2.75, 3.05) is 0 Å². The van der Waals surface area contributed by atoms with Gasteiger partial charge in [0.25, 0.3) is 0 Å². The van der Waals surface area contributed by atoms with Crippen LogP contribution in [0.15, 0.2) is 36.9 Å². The van der Waals surface area contributed by atoms with Crippen molar-refractivity contribution in [2.24, 2.45) is 0 Å². The lowest BCUT2D eigenvalue weighted by atomic mass is 9.98. The largest absolute Gasteiger partial charge is 0.413 e. The number of hydrogen-bond acceptors (Lipinski definition) is 1. The lowest BCUT2D eigenvalue weighted by Gasteiger charge is -2.29. The molecule has 0 aliphatic carbocycles. The Morgan fingerprint density at radius 1 is 1.00 bits per heavy atom. The fraction of sp³-hybridized carbons (Fsp3) is 0.636. The van der Waals surface area contributed by atoms with Gasteiger partial charge in [-0.1, -0.05) is 97.2 Å². The van der Waals surface area contributed by atoms with Crippen molar-refractivity contribution in [3.8, 4) is 0 Å². The molecule has 135 valence electrons. The van der Waals surface area contributed by atoms with Crippen LogP contribution < -0.4 is 0 Å². The van der Waals surface area contributed by atoms with Gasteiger partial charge in [-0.2, -0.15) is 0 Å². The Hall–Kier alpha value is -0.863. The molecule has 0 aliphatic rings. The Morgan fingerprint density at radius 3 is 2.17 bits per heavy atom. The third kappa shape index (κ3) is 7.81. The summed E-state index contributed by atoms with van der Waals surface area (Å²) in [6.45, 7) is 15.9. The van der Waals surface area contributed by atoms with E-state index in [-0.39, 0.29) is 0 Å². The van der Waals surface area contributed by atoms with Crippen molar-refractivity contribution in [1.82, 2.24) is 0 Å². The van der Waals surface area contributed by atoms with E-state index < -0.39 is 9.04 Å². The molecule has 0 heterocycles. The zero-order chi connectivity index (χ0) is 17.9. The molecule has 0 saturated carbocycles. The lowest BCUT2D eigenvalue weighted by Crippen LogP contribution is -2.31. The molecular formula is C22H37OSi. The van der Waals surface area contributed by atoms with Crippen molar-refractivity contribution in [3.63, 3.8) is 0 Å². The van der Waals surface area contributed by atoms with E-state index in [1.807, 2.05) is 0 Å². The fourth-order valence-corrected chi connectivity index (χ4v) is 5.66. The number of hydrogen-bond donors (Lipinski definition) is 0. The first-order chi connectivity index (χ1) is 11.5. The average Bonchev–Trinajstić information content (AvgIpc) is 2.56. The van der Waals surface area contributed by atoms with Crippen LogP contribution in [0.4, 0.5) is 0 Å². The Bertz CT molecular complexity index is 444. The van der Waals surface area contributed by atoms with Gasteiger partial charge in [-0.3, -0.25) is 0 Å². The Labute approximate surface area is 152 Å². The molecule has 1 atom stereocenters. The van der Waals surface area contributed by atoms with E-state index in [1.165, 1.54) is 43.2 Å². The molecule has 1 rings (SSSR count). The Balaban J connectivity index is 2.70. The number of unbranched alkanes of at least 4 members (excludes halogenated alkanes) is 3. The molecule has 1 nitrogen and oxygen atoms in total. The fourth-order valence-electron chi connectivity index (χ4n) is 3.20. The van der Waals surface area contributed by atoms with Crippen molar-refractivity contribution in [1.29, 1.82) is 0 Å². The molecule has 0 saturated heterocycles. The predicted molar refractivity (Wildman–Crippen MR) is 110 cm³/mol. The van der Waals surface area contributed by atoms with Crippen LogP contribution in [-0.4, -0.2) is 15.1 Å². The van der Waals surface area contributed by atoms with Crippen molar-refractivity contribution >= 4 is 14.6 Å². The summed E-state index contributed by atoms with van der Waals surface area (Å²) in [5.74, 6) is 0. The van der Waals surface area contributed by atoms with Crippen LogP contribution in [0.5, 0.6) is 0 Å². The monoisotopic (exact) mass is 345 g/mol. The SMILES string of the molecule is C=C(CC(CCCCCC)O[Si](C(C)C)C(C)C)c1ccccc1. The molecule has 0 fully saturated rings. The zero-order valence-electron chi connectivity index (χ0n) is 16.5. The molecule has 0 N–H and O–H groups in total. The maximum atomic E-state index is 6.69. The van der Waals surface area contributed by atoms with Crippen LogP contribution in [0.1, 0.15) is 78.7 Å². The summed E-state index contributed by atoms with van der Waals surface area (Å²) in [6.07, 6.45) is 7.66. The van der Waals surface area contributed by atoms with Gasteiger partial charge in [-0.25, -0.2) is 0 Å². The van der Waals surface area contributed by atoms with Crippen LogP contribution in [0.25, 0.3) is 5.57 Å². The van der Waals surface area contributed by atoms with Gasteiger partial charge < -0.3 is 4.43 Å². The van der Waals surface area contributed by atoms with E-state index in [1.54, 1.807) is 0 Å². The third-order valence-electron chi connectivity index (χ3n) is 4.48. The minimum absolute atomic E-state index is 0.327. The second kappa shape index (κ2) is 11.6. The molecular weight excluding hydrogens is 308 g/mol. The summed E-state index contributed by atoms with van der Waals surface area (Å²) in [5.41, 5.74) is 3.77. The predicted octanol–water partition coefficient (Wildman–Crippen LogP) is 7.26. The summed E-state index contributed by atoms with van der Waals surface area (Å²) >= 11 is 0. The smallest absolute Gasteiger partial charge is 0.217 e. The van der Waals surface area contributed by atoms with Crippen LogP contribution in [0, 0.1) is 0 Å². The lowest BCUT2D eigenvalue weighted by molar-refractivity contribution is 0.184. The second-order valence-electron chi connectivity index (χ2n) is 7.47. The first-order valence-electron chi connectivity index (χ1n) is 9.72. The summed E-state index contributed by atoms with van der Waals surface area (Å²) in [5, 5.41) is 0. The molecule has 1 aromatic rings. The van der Waals surface area contributed by atoms with Crippen LogP contribution in [0.2, 0.25) is 11.1 Å². The summed E-state index contributed by atoms with van der Waals surface area (Å²) in [4.78, 5) is 0. The van der Waals surface area contributed by atoms with E-state index in [9.17, 15) is 0 Å². The maximum absolute atomic E-state index is 6.69. The van der Waals surface area contributed by atoms with E-state index in [0.717, 1.165) is 6.42 Å². The molecule has 2 heteroatoms. The second-order valence-corrected chi connectivity index (χ2v) is 10.8. The van der Waals surface area contributed by atoms with Gasteiger partial charge in [0, 0.05) is 6.10 Å². The Kier molecular flexibility index (Phi) is 10.3. The van der Waals surface area contributed by atoms with Crippen LogP contribution >= 0.6 is 0 Å². The minimum atomic E-state index is -0.787. The number of benzene rings is 1. The van der Waals surface area contributed by atoms with E-state index in [2.05, 4.69) is 71.5 Å². The first kappa shape index (κ1) is 21.2. The molecule has 24 heavy (non-hydrogen) atoms. The normalized spacial score (nSPS) is 13.0. The standard InChI is InChI=1S/C22H37OSi/c1-7-8-9-13-16-22(23-24(18(2)3)19(4)5)17-20(6)21-14-11-10-12-15-21/h10-12,14-15,18-19,22H,6-9,13,16-17H2,1-5H3. The third-order valence-corrected chi connectivity index (χ3v) is 7.36. The van der Waals surface area contributed by atoms with Gasteiger partial charge in [-0.05, 0) is 35.1 Å². The summed E-state index contributed by atoms with van der Waals surface area (Å²) in [7, 11) is -0.787. The highest BCUT2D eigenvalue weighted by molar-refractivity contribution is 6.55. The van der Waals surface area contributed by atoms with Gasteiger partial charge >= 0.3 is 0 Å². The molecule has 0 aliphatic heterocycles. The highest BCUT2D eigenvalue weighted by atomic mass is 28.3. The first-order valence-corrected chi connectivity index (χ1v) is 11.3. The summed E-state index contributed by atoms with van der Waals surface area (Å²) in [6, 6.07) is 10.6. The van der Waals surface area contributed by atoms with Gasteiger partial charge in [0.05, 0.1) is 0 Å². The van der Waals surface area contributed by atoms with E-state index >= 15 is 0 Å². The van der Waals surface area contributed by atoms with Gasteiger partial charge in [0.15, 0.2) is 0 Å². The van der Waals surface area contributed by atoms with E-state index in [0.29, 0.717) is 17.2 Å². The van der Waals surface area contributed by atoms with Gasteiger partial charge in [0.1, 0.15) is 0 Å². The topological polar surface area (TPSA) is 9.23 Å². The molecule has 1 radical (unpaired) electrons. The Morgan fingerprint density at radius 2 is 1.62 bits per heavy atom. The van der Waals surface area contributed by atoms with Gasteiger partial charge in [-0.15, -0.1) is 0 Å². The highest BCUT2D eigenvalue weighted by Gasteiger charge is 2.26. The summed E-state index contributed by atoms with van der Waals surface area (Å²) < 4.78 is 6.69. The van der Waals surface area contributed by atoms with Gasteiger partial charge in [0.2, 0.25) is 9.04 Å². The van der Waals surface area contributed by atoms with E-state index in [4.69, 9.17) is 4.43 Å². The highest BCUT2D eigenvalue weighted by Crippen LogP contribution is 2.28. The molecule has 1 unspecified atom stereocenters. The number of rotatable bonds is 12. The zero-order valence-corrected chi connectivity index (χ0v) is 17.5. The molecule has 0 bridgehead atoms.